The third-order valence-electron chi connectivity index (χ3n) is 5.31. The molecule has 2 heterocycles. The number of ether oxygens (including phenoxy) is 2. The lowest BCUT2D eigenvalue weighted by atomic mass is 9.91. The lowest BCUT2D eigenvalue weighted by Crippen LogP contribution is -2.55. The van der Waals surface area contributed by atoms with Crippen molar-refractivity contribution in [1.82, 2.24) is 0 Å². The average Bonchev–Trinajstić information content (AvgIpc) is 2.79. The van der Waals surface area contributed by atoms with Crippen molar-refractivity contribution < 1.29 is 39.4 Å². The van der Waals surface area contributed by atoms with Crippen LogP contribution in [0.15, 0.2) is 57.7 Å². The van der Waals surface area contributed by atoms with E-state index in [0.29, 0.717) is 5.56 Å². The summed E-state index contributed by atoms with van der Waals surface area (Å²) in [4.78, 5) is 12.0. The zero-order valence-electron chi connectivity index (χ0n) is 16.3. The lowest BCUT2D eigenvalue weighted by molar-refractivity contribution is -0.231. The molecule has 1 unspecified atom stereocenters. The van der Waals surface area contributed by atoms with Crippen molar-refractivity contribution in [2.75, 3.05) is 6.61 Å². The molecule has 0 radical (unpaired) electrons. The van der Waals surface area contributed by atoms with Crippen LogP contribution in [0.1, 0.15) is 17.2 Å². The second kappa shape index (κ2) is 8.66. The highest BCUT2D eigenvalue weighted by atomic mass is 16.5. The van der Waals surface area contributed by atoms with Crippen molar-refractivity contribution in [2.45, 2.75) is 37.1 Å². The summed E-state index contributed by atoms with van der Waals surface area (Å²) in [6, 6.07) is 13.6. The van der Waals surface area contributed by atoms with Crippen LogP contribution in [0.2, 0.25) is 0 Å². The van der Waals surface area contributed by atoms with Gasteiger partial charge in [0, 0.05) is 0 Å². The third kappa shape index (κ3) is 4.01. The molecule has 1 saturated heterocycles. The molecular formula is C22H22O9. The van der Waals surface area contributed by atoms with Gasteiger partial charge in [0.2, 0.25) is 5.75 Å². The summed E-state index contributed by atoms with van der Waals surface area (Å²) >= 11 is 0. The molecule has 164 valence electrons. The Bertz CT molecular complexity index is 1110. The number of benzene rings is 2. The molecule has 5 N–H and O–H groups in total. The molecule has 0 aliphatic carbocycles. The van der Waals surface area contributed by atoms with Crippen LogP contribution in [-0.2, 0) is 11.3 Å². The van der Waals surface area contributed by atoms with Crippen molar-refractivity contribution in [3.63, 3.8) is 0 Å². The molecule has 1 aliphatic rings. The van der Waals surface area contributed by atoms with Crippen LogP contribution in [0.5, 0.6) is 11.5 Å². The molecule has 1 aliphatic heterocycles. The fourth-order valence-electron chi connectivity index (χ4n) is 3.61. The van der Waals surface area contributed by atoms with Crippen LogP contribution in [0.25, 0.3) is 11.0 Å². The highest BCUT2D eigenvalue weighted by molar-refractivity contribution is 5.86. The van der Waals surface area contributed by atoms with Gasteiger partial charge in [-0.2, -0.15) is 0 Å². The minimum Gasteiger partial charge on any atom is -0.499 e. The molecule has 0 spiro atoms. The first-order valence-electron chi connectivity index (χ1n) is 9.67. The highest BCUT2D eigenvalue weighted by Crippen LogP contribution is 2.37. The Kier molecular flexibility index (Phi) is 5.94. The summed E-state index contributed by atoms with van der Waals surface area (Å²) < 4.78 is 16.4. The second-order valence-electron chi connectivity index (χ2n) is 7.35. The minimum absolute atomic E-state index is 0.0806. The van der Waals surface area contributed by atoms with Gasteiger partial charge in [-0.15, -0.1) is 0 Å². The lowest BCUT2D eigenvalue weighted by Gasteiger charge is -2.40. The summed E-state index contributed by atoms with van der Waals surface area (Å²) in [6.45, 7) is -0.479. The smallest absolute Gasteiger partial charge is 0.382 e. The number of hydrogen-bond donors (Lipinski definition) is 5. The molecule has 5 atom stereocenters. The van der Waals surface area contributed by atoms with Crippen LogP contribution >= 0.6 is 0 Å². The van der Waals surface area contributed by atoms with Crippen LogP contribution in [0.3, 0.4) is 0 Å². The number of fused-ring (bicyclic) bond motifs is 1. The largest absolute Gasteiger partial charge is 0.499 e. The predicted molar refractivity (Wildman–Crippen MR) is 108 cm³/mol. The molecule has 9 nitrogen and oxygen atoms in total. The van der Waals surface area contributed by atoms with E-state index in [1.165, 1.54) is 18.2 Å². The Balaban J connectivity index is 1.74. The molecule has 31 heavy (non-hydrogen) atoms. The standard InChI is InChI=1S/C22H22O9/c23-9-15-16(24)17(25)18(26)20(30-15)12-6-7-14-13(8-12)21(19(27)22(28)31-14)29-10-11-4-2-1-3-5-11/h1-8,15-18,20,23-27H,9-10H2/t15-,16-,17+,18-,20?/m1/s1. The number of aliphatic hydroxyl groups excluding tert-OH is 4. The van der Waals surface area contributed by atoms with Crippen LogP contribution in [0.4, 0.5) is 0 Å². The van der Waals surface area contributed by atoms with Crippen molar-refractivity contribution in [3.05, 3.63) is 70.1 Å². The fourth-order valence-corrected chi connectivity index (χ4v) is 3.61. The normalized spacial score (nSPS) is 26.1. The SMILES string of the molecule is O=c1oc2ccc(C3O[C@H](CO)[C@@H](O)[C@H](O)[C@H]3O)cc2c(OCc2ccccc2)c1O. The van der Waals surface area contributed by atoms with Gasteiger partial charge in [-0.1, -0.05) is 36.4 Å². The van der Waals surface area contributed by atoms with Gasteiger partial charge in [0.25, 0.3) is 0 Å². The van der Waals surface area contributed by atoms with Gasteiger partial charge in [0.1, 0.15) is 42.7 Å². The molecule has 9 heteroatoms. The predicted octanol–water partition coefficient (Wildman–Crippen LogP) is 0.592. The van der Waals surface area contributed by atoms with Crippen molar-refractivity contribution >= 4 is 11.0 Å². The quantitative estimate of drug-likeness (QED) is 0.367. The molecule has 0 amide bonds. The number of aromatic hydroxyl groups is 1. The maximum atomic E-state index is 12.0. The highest BCUT2D eigenvalue weighted by Gasteiger charge is 2.44. The van der Waals surface area contributed by atoms with Crippen LogP contribution in [-0.4, -0.2) is 56.6 Å². The van der Waals surface area contributed by atoms with E-state index in [2.05, 4.69) is 0 Å². The second-order valence-corrected chi connectivity index (χ2v) is 7.35. The Hall–Kier alpha value is -2.95. The molecule has 3 aromatic rings. The molecule has 0 saturated carbocycles. The van der Waals surface area contributed by atoms with Crippen molar-refractivity contribution in [2.24, 2.45) is 0 Å². The molecule has 1 aromatic heterocycles. The summed E-state index contributed by atoms with van der Waals surface area (Å²) in [5, 5.41) is 50.4. The van der Waals surface area contributed by atoms with E-state index in [9.17, 15) is 30.3 Å². The summed E-state index contributed by atoms with van der Waals surface area (Å²) in [5.74, 6) is -0.795. The van der Waals surface area contributed by atoms with E-state index in [0.717, 1.165) is 5.56 Å². The first-order valence-corrected chi connectivity index (χ1v) is 9.67. The van der Waals surface area contributed by atoms with E-state index in [4.69, 9.17) is 13.9 Å². The van der Waals surface area contributed by atoms with E-state index < -0.39 is 48.5 Å². The summed E-state index contributed by atoms with van der Waals surface area (Å²) in [6.07, 6.45) is -6.66. The van der Waals surface area contributed by atoms with E-state index in [1.807, 2.05) is 30.3 Å². The van der Waals surface area contributed by atoms with E-state index >= 15 is 0 Å². The molecular weight excluding hydrogens is 408 g/mol. The van der Waals surface area contributed by atoms with Gasteiger partial charge in [-0.25, -0.2) is 4.79 Å². The third-order valence-corrected chi connectivity index (χ3v) is 5.31. The molecule has 0 bridgehead atoms. The van der Waals surface area contributed by atoms with E-state index in [-0.39, 0.29) is 23.3 Å². The van der Waals surface area contributed by atoms with Gasteiger partial charge in [-0.3, -0.25) is 0 Å². The van der Waals surface area contributed by atoms with Gasteiger partial charge in [0.15, 0.2) is 5.75 Å². The summed E-state index contributed by atoms with van der Waals surface area (Å²) in [5.41, 5.74) is 0.353. The van der Waals surface area contributed by atoms with Crippen LogP contribution < -0.4 is 10.4 Å². The van der Waals surface area contributed by atoms with Crippen LogP contribution in [0, 0.1) is 0 Å². The van der Waals surface area contributed by atoms with Crippen molar-refractivity contribution in [1.29, 1.82) is 0 Å². The maximum Gasteiger partial charge on any atom is 0.382 e. The first-order chi connectivity index (χ1) is 14.9. The number of rotatable bonds is 5. The van der Waals surface area contributed by atoms with Crippen molar-refractivity contribution in [3.8, 4) is 11.5 Å². The zero-order chi connectivity index (χ0) is 22.1. The number of hydrogen-bond acceptors (Lipinski definition) is 9. The summed E-state index contributed by atoms with van der Waals surface area (Å²) in [7, 11) is 0. The molecule has 4 rings (SSSR count). The minimum atomic E-state index is -1.54. The Morgan fingerprint density at radius 2 is 1.71 bits per heavy atom. The fraction of sp³-hybridized carbons (Fsp3) is 0.318. The zero-order valence-corrected chi connectivity index (χ0v) is 16.3. The Morgan fingerprint density at radius 1 is 0.968 bits per heavy atom. The molecule has 2 aromatic carbocycles. The van der Waals surface area contributed by atoms with Gasteiger partial charge in [0.05, 0.1) is 12.0 Å². The van der Waals surface area contributed by atoms with Gasteiger partial charge >= 0.3 is 5.63 Å². The van der Waals surface area contributed by atoms with E-state index in [1.54, 1.807) is 0 Å². The Morgan fingerprint density at radius 3 is 2.42 bits per heavy atom. The van der Waals surface area contributed by atoms with Gasteiger partial charge < -0.3 is 39.4 Å². The van der Waals surface area contributed by atoms with Gasteiger partial charge in [-0.05, 0) is 23.3 Å². The molecule has 1 fully saturated rings. The maximum absolute atomic E-state index is 12.0. The Labute approximate surface area is 176 Å². The average molecular weight is 430 g/mol. The monoisotopic (exact) mass is 430 g/mol. The first kappa shape index (κ1) is 21.3. The number of aliphatic hydroxyl groups is 4. The topological polar surface area (TPSA) is 150 Å².